The molecule has 0 aromatic carbocycles. The molecule has 28 heavy (non-hydrogen) atoms. The van der Waals surface area contributed by atoms with Crippen LogP contribution in [0.5, 0.6) is 0 Å². The van der Waals surface area contributed by atoms with Crippen molar-refractivity contribution in [3.8, 4) is 0 Å². The van der Waals surface area contributed by atoms with Crippen LogP contribution in [0.15, 0.2) is 23.8 Å². The van der Waals surface area contributed by atoms with Crippen LogP contribution in [0.3, 0.4) is 0 Å². The van der Waals surface area contributed by atoms with Crippen LogP contribution in [0.1, 0.15) is 78.1 Å². The summed E-state index contributed by atoms with van der Waals surface area (Å²) in [6, 6.07) is 0. The lowest BCUT2D eigenvalue weighted by Gasteiger charge is -2.18. The monoisotopic (exact) mass is 389 g/mol. The van der Waals surface area contributed by atoms with Crippen LogP contribution in [0.4, 0.5) is 0 Å². The lowest BCUT2D eigenvalue weighted by Crippen LogP contribution is -2.17. The van der Waals surface area contributed by atoms with E-state index in [1.165, 1.54) is 45.1 Å². The second-order valence-corrected chi connectivity index (χ2v) is 9.63. The number of aliphatic hydroxyl groups excluding tert-OH is 1. The minimum Gasteiger partial charge on any atom is -0.392 e. The van der Waals surface area contributed by atoms with Crippen LogP contribution in [0, 0.1) is 23.7 Å². The summed E-state index contributed by atoms with van der Waals surface area (Å²) in [5, 5.41) is 10.5. The van der Waals surface area contributed by atoms with Gasteiger partial charge in [-0.05, 0) is 76.6 Å². The molecule has 0 spiro atoms. The summed E-state index contributed by atoms with van der Waals surface area (Å²) in [6.45, 7) is 5.54. The normalized spacial score (nSPS) is 28.1. The quantitative estimate of drug-likeness (QED) is 0.261. The number of fused-ring (bicyclic) bond motifs is 1. The Morgan fingerprint density at radius 2 is 2.07 bits per heavy atom. The number of hydrogen-bond acceptors (Lipinski definition) is 3. The van der Waals surface area contributed by atoms with Gasteiger partial charge < -0.3 is 10.0 Å². The Morgan fingerprint density at radius 1 is 1.29 bits per heavy atom. The van der Waals surface area contributed by atoms with E-state index in [1.807, 2.05) is 6.08 Å². The zero-order valence-corrected chi connectivity index (χ0v) is 18.7. The van der Waals surface area contributed by atoms with Gasteiger partial charge in [0.1, 0.15) is 0 Å². The highest BCUT2D eigenvalue weighted by Gasteiger charge is 2.43. The van der Waals surface area contributed by atoms with Crippen molar-refractivity contribution in [3.63, 3.8) is 0 Å². The first-order chi connectivity index (χ1) is 13.4. The Bertz CT molecular complexity index is 537. The van der Waals surface area contributed by atoms with Gasteiger partial charge in [0.15, 0.2) is 5.78 Å². The first-order valence-electron chi connectivity index (χ1n) is 11.6. The zero-order valence-electron chi connectivity index (χ0n) is 18.7. The van der Waals surface area contributed by atoms with Gasteiger partial charge in [0.2, 0.25) is 0 Å². The highest BCUT2D eigenvalue weighted by Crippen LogP contribution is 2.48. The first kappa shape index (κ1) is 23.3. The smallest absolute Gasteiger partial charge is 0.155 e. The highest BCUT2D eigenvalue weighted by atomic mass is 16.3. The van der Waals surface area contributed by atoms with E-state index in [4.69, 9.17) is 0 Å². The van der Waals surface area contributed by atoms with E-state index < -0.39 is 0 Å². The molecule has 0 heterocycles. The van der Waals surface area contributed by atoms with Crippen molar-refractivity contribution in [2.75, 3.05) is 20.6 Å². The van der Waals surface area contributed by atoms with Crippen molar-refractivity contribution in [2.45, 2.75) is 84.2 Å². The van der Waals surface area contributed by atoms with E-state index in [1.54, 1.807) is 11.6 Å². The van der Waals surface area contributed by atoms with E-state index in [9.17, 15) is 9.90 Å². The third kappa shape index (κ3) is 7.48. The maximum atomic E-state index is 12.3. The molecule has 2 rings (SSSR count). The predicted molar refractivity (Wildman–Crippen MR) is 118 cm³/mol. The second kappa shape index (κ2) is 11.9. The Hall–Kier alpha value is -0.930. The fourth-order valence-electron chi connectivity index (χ4n) is 5.03. The maximum absolute atomic E-state index is 12.3. The van der Waals surface area contributed by atoms with Gasteiger partial charge in [-0.2, -0.15) is 0 Å². The SMILES string of the molecule is CCCC[C@@H](C)CC(=O)/C=C/[C@@H]1[C@H]2CC(CCCCCN(C)C)=C[C@H]2C[C@H]1O. The van der Waals surface area contributed by atoms with Crippen LogP contribution in [0.2, 0.25) is 0 Å². The van der Waals surface area contributed by atoms with Crippen molar-refractivity contribution in [1.29, 1.82) is 0 Å². The number of nitrogens with zero attached hydrogens (tertiary/aromatic N) is 1. The lowest BCUT2D eigenvalue weighted by molar-refractivity contribution is -0.115. The third-order valence-corrected chi connectivity index (χ3v) is 6.66. The topological polar surface area (TPSA) is 40.5 Å². The zero-order chi connectivity index (χ0) is 20.5. The summed E-state index contributed by atoms with van der Waals surface area (Å²) >= 11 is 0. The predicted octanol–water partition coefficient (Wildman–Crippen LogP) is 5.39. The van der Waals surface area contributed by atoms with E-state index in [0.29, 0.717) is 24.2 Å². The average Bonchev–Trinajstić information content (AvgIpc) is 3.14. The molecular weight excluding hydrogens is 346 g/mol. The molecular formula is C25H43NO2. The molecule has 0 saturated heterocycles. The Balaban J connectivity index is 1.76. The molecule has 0 aliphatic heterocycles. The first-order valence-corrected chi connectivity index (χ1v) is 11.6. The van der Waals surface area contributed by atoms with E-state index in [-0.39, 0.29) is 17.8 Å². The van der Waals surface area contributed by atoms with Gasteiger partial charge in [0, 0.05) is 12.3 Å². The molecule has 3 nitrogen and oxygen atoms in total. The molecule has 3 heteroatoms. The van der Waals surface area contributed by atoms with Crippen LogP contribution in [-0.4, -0.2) is 42.5 Å². The molecule has 2 aliphatic carbocycles. The van der Waals surface area contributed by atoms with Gasteiger partial charge in [-0.1, -0.05) is 57.3 Å². The standard InChI is InChI=1S/C25H43NO2/c1-5-6-10-19(2)15-22(27)12-13-23-24-17-20(16-21(24)18-25(23)28)11-8-7-9-14-26(3)4/h12-13,16,19,21,23-25,28H,5-11,14-15,17-18H2,1-4H3/b13-12+/t19-,21+,23-,24+,25-/m1/s1. The van der Waals surface area contributed by atoms with Crippen LogP contribution >= 0.6 is 0 Å². The van der Waals surface area contributed by atoms with Crippen molar-refractivity contribution < 1.29 is 9.90 Å². The highest BCUT2D eigenvalue weighted by molar-refractivity contribution is 5.89. The molecule has 0 bridgehead atoms. The number of rotatable bonds is 13. The minimum atomic E-state index is -0.283. The fourth-order valence-corrected chi connectivity index (χ4v) is 5.03. The van der Waals surface area contributed by atoms with Crippen molar-refractivity contribution >= 4 is 5.78 Å². The number of unbranched alkanes of at least 4 members (excludes halogenated alkanes) is 3. The number of carbonyl (C=O) groups is 1. The molecule has 1 N–H and O–H groups in total. The molecule has 5 atom stereocenters. The number of carbonyl (C=O) groups excluding carboxylic acids is 1. The van der Waals surface area contributed by atoms with Crippen molar-refractivity contribution in [1.82, 2.24) is 4.90 Å². The molecule has 160 valence electrons. The summed E-state index contributed by atoms with van der Waals surface area (Å²) in [4.78, 5) is 14.6. The number of allylic oxidation sites excluding steroid dienone is 3. The molecule has 2 aliphatic rings. The molecule has 1 fully saturated rings. The van der Waals surface area contributed by atoms with Crippen molar-refractivity contribution in [2.24, 2.45) is 23.7 Å². The van der Waals surface area contributed by atoms with E-state index in [2.05, 4.69) is 38.9 Å². The Labute approximate surface area is 173 Å². The molecule has 0 aromatic rings. The maximum Gasteiger partial charge on any atom is 0.155 e. The fraction of sp³-hybridized carbons (Fsp3) is 0.800. The number of hydrogen-bond donors (Lipinski definition) is 1. The molecule has 0 amide bonds. The average molecular weight is 390 g/mol. The summed E-state index contributed by atoms with van der Waals surface area (Å²) in [5.41, 5.74) is 1.59. The van der Waals surface area contributed by atoms with Crippen molar-refractivity contribution in [3.05, 3.63) is 23.8 Å². The lowest BCUT2D eigenvalue weighted by atomic mass is 9.88. The second-order valence-electron chi connectivity index (χ2n) is 9.63. The molecule has 1 saturated carbocycles. The molecule has 0 radical (unpaired) electrons. The minimum absolute atomic E-state index is 0.155. The van der Waals surface area contributed by atoms with Gasteiger partial charge in [-0.25, -0.2) is 0 Å². The van der Waals surface area contributed by atoms with E-state index in [0.717, 1.165) is 19.3 Å². The molecule has 0 unspecified atom stereocenters. The number of ketones is 1. The van der Waals surface area contributed by atoms with Gasteiger partial charge in [-0.15, -0.1) is 0 Å². The summed E-state index contributed by atoms with van der Waals surface area (Å²) in [7, 11) is 4.27. The van der Waals surface area contributed by atoms with Gasteiger partial charge in [0.25, 0.3) is 0 Å². The summed E-state index contributed by atoms with van der Waals surface area (Å²) in [6.07, 6.45) is 17.2. The van der Waals surface area contributed by atoms with Gasteiger partial charge in [-0.3, -0.25) is 4.79 Å². The third-order valence-electron chi connectivity index (χ3n) is 6.66. The van der Waals surface area contributed by atoms with Gasteiger partial charge >= 0.3 is 0 Å². The largest absolute Gasteiger partial charge is 0.392 e. The Morgan fingerprint density at radius 3 is 2.79 bits per heavy atom. The summed E-state index contributed by atoms with van der Waals surface area (Å²) < 4.78 is 0. The van der Waals surface area contributed by atoms with Crippen LogP contribution in [0.25, 0.3) is 0 Å². The van der Waals surface area contributed by atoms with E-state index >= 15 is 0 Å². The summed E-state index contributed by atoms with van der Waals surface area (Å²) in [5.74, 6) is 1.87. The van der Waals surface area contributed by atoms with Gasteiger partial charge in [0.05, 0.1) is 6.10 Å². The Kier molecular flexibility index (Phi) is 9.94. The van der Waals surface area contributed by atoms with Crippen LogP contribution < -0.4 is 0 Å². The molecule has 0 aromatic heterocycles. The number of aliphatic hydroxyl groups is 1. The van der Waals surface area contributed by atoms with Crippen LogP contribution in [-0.2, 0) is 4.79 Å².